The zero-order valence-corrected chi connectivity index (χ0v) is 21.2. The van der Waals surface area contributed by atoms with Gasteiger partial charge in [0.05, 0.1) is 5.69 Å². The number of nitrogens with zero attached hydrogens (tertiary/aromatic N) is 2. The van der Waals surface area contributed by atoms with E-state index in [1.54, 1.807) is 18.2 Å². The summed E-state index contributed by atoms with van der Waals surface area (Å²) in [6.45, 7) is 7.72. The molecule has 1 aliphatic heterocycles. The second-order valence-corrected chi connectivity index (χ2v) is 9.38. The maximum Gasteiger partial charge on any atom is 0.335 e. The van der Waals surface area contributed by atoms with Crippen molar-refractivity contribution in [3.05, 3.63) is 113 Å². The molecule has 5 rings (SSSR count). The third kappa shape index (κ3) is 4.49. The maximum absolute atomic E-state index is 13.4. The summed E-state index contributed by atoms with van der Waals surface area (Å²) in [6.07, 6.45) is 1.57. The number of barbiturate groups is 1. The largest absolute Gasteiger partial charge is 0.335 e. The Balaban J connectivity index is 1.50. The number of aromatic nitrogens is 1. The quantitative estimate of drug-likeness (QED) is 0.280. The fourth-order valence-electron chi connectivity index (χ4n) is 4.89. The maximum atomic E-state index is 13.4. The van der Waals surface area contributed by atoms with Crippen LogP contribution in [0.4, 0.5) is 10.5 Å². The lowest BCUT2D eigenvalue weighted by molar-refractivity contribution is -0.122. The minimum absolute atomic E-state index is 0.0848. The molecular weight excluding hydrogens is 462 g/mol. The molecule has 4 amide bonds. The first kappa shape index (κ1) is 24.0. The number of nitrogens with one attached hydrogen (secondary N) is 1. The van der Waals surface area contributed by atoms with Crippen LogP contribution < -0.4 is 10.2 Å². The van der Waals surface area contributed by atoms with E-state index < -0.39 is 17.8 Å². The monoisotopic (exact) mass is 489 g/mol. The van der Waals surface area contributed by atoms with Crippen molar-refractivity contribution in [1.29, 1.82) is 0 Å². The van der Waals surface area contributed by atoms with E-state index in [-0.39, 0.29) is 5.57 Å². The molecule has 1 N–H and O–H groups in total. The lowest BCUT2D eigenvalue weighted by atomic mass is 10.1. The highest BCUT2D eigenvalue weighted by Crippen LogP contribution is 2.28. The molecule has 1 aromatic heterocycles. The first-order valence-electron chi connectivity index (χ1n) is 12.1. The summed E-state index contributed by atoms with van der Waals surface area (Å²) in [5, 5.41) is 2.31. The summed E-state index contributed by atoms with van der Waals surface area (Å²) in [6, 6.07) is 25.1. The topological polar surface area (TPSA) is 71.4 Å². The number of aryl methyl sites for hydroxylation is 3. The van der Waals surface area contributed by atoms with Crippen molar-refractivity contribution in [2.45, 2.75) is 27.7 Å². The first-order chi connectivity index (χ1) is 17.7. The van der Waals surface area contributed by atoms with Gasteiger partial charge in [-0.05, 0) is 91.9 Å². The van der Waals surface area contributed by atoms with Gasteiger partial charge in [0.1, 0.15) is 5.57 Å². The number of urea groups is 1. The van der Waals surface area contributed by atoms with Gasteiger partial charge in [0.15, 0.2) is 0 Å². The molecule has 0 atom stereocenters. The number of carbonyl (C=O) groups is 3. The predicted octanol–water partition coefficient (Wildman–Crippen LogP) is 6.04. The Labute approximate surface area is 215 Å². The van der Waals surface area contributed by atoms with Crippen molar-refractivity contribution in [3.8, 4) is 16.8 Å². The molecule has 0 bridgehead atoms. The molecule has 4 aromatic rings. The Bertz CT molecular complexity index is 1560. The molecule has 1 fully saturated rings. The van der Waals surface area contributed by atoms with Crippen LogP contribution in [0.3, 0.4) is 0 Å². The average Bonchev–Trinajstić information content (AvgIpc) is 3.14. The number of amides is 4. The summed E-state index contributed by atoms with van der Waals surface area (Å²) >= 11 is 0. The third-order valence-electron chi connectivity index (χ3n) is 6.57. The molecule has 3 aromatic carbocycles. The number of carbonyl (C=O) groups excluding carboxylic acids is 3. The fourth-order valence-corrected chi connectivity index (χ4v) is 4.89. The molecule has 6 nitrogen and oxygen atoms in total. The Hall–Kier alpha value is -4.71. The second-order valence-electron chi connectivity index (χ2n) is 9.38. The standard InChI is InChI=1S/C31H27N3O3/c1-19-14-20(2)16-27(15-19)34-30(36)28(29(35)32-31(34)37)18-25-17-21(3)33(22(25)4)26-12-10-24(11-13-26)23-8-6-5-7-9-23/h5-18H,1-4H3,(H,32,35,37)/b28-18-. The van der Waals surface area contributed by atoms with Crippen molar-refractivity contribution < 1.29 is 14.4 Å². The van der Waals surface area contributed by atoms with Crippen LogP contribution in [-0.2, 0) is 9.59 Å². The van der Waals surface area contributed by atoms with Crippen LogP contribution in [0.15, 0.2) is 84.4 Å². The van der Waals surface area contributed by atoms with Gasteiger partial charge in [0.2, 0.25) is 0 Å². The van der Waals surface area contributed by atoms with Crippen molar-refractivity contribution in [3.63, 3.8) is 0 Å². The van der Waals surface area contributed by atoms with Crippen molar-refractivity contribution in [2.24, 2.45) is 0 Å². The molecule has 2 heterocycles. The van der Waals surface area contributed by atoms with Crippen LogP contribution in [-0.4, -0.2) is 22.4 Å². The normalized spacial score (nSPS) is 14.9. The minimum atomic E-state index is -0.749. The molecule has 0 unspecified atom stereocenters. The Morgan fingerprint density at radius 2 is 1.32 bits per heavy atom. The molecule has 37 heavy (non-hydrogen) atoms. The molecule has 1 aliphatic rings. The molecule has 0 spiro atoms. The van der Waals surface area contributed by atoms with Crippen LogP contribution >= 0.6 is 0 Å². The Morgan fingerprint density at radius 1 is 0.703 bits per heavy atom. The lowest BCUT2D eigenvalue weighted by Gasteiger charge is -2.27. The van der Waals surface area contributed by atoms with Gasteiger partial charge in [-0.3, -0.25) is 14.9 Å². The summed E-state index contributed by atoms with van der Waals surface area (Å²) < 4.78 is 2.08. The summed E-state index contributed by atoms with van der Waals surface area (Å²) in [4.78, 5) is 39.7. The summed E-state index contributed by atoms with van der Waals surface area (Å²) in [5.41, 5.74) is 8.00. The molecule has 184 valence electrons. The van der Waals surface area contributed by atoms with Crippen molar-refractivity contribution in [1.82, 2.24) is 9.88 Å². The number of benzene rings is 3. The first-order valence-corrected chi connectivity index (χ1v) is 12.1. The van der Waals surface area contributed by atoms with Gasteiger partial charge in [0.25, 0.3) is 11.8 Å². The van der Waals surface area contributed by atoms with Crippen LogP contribution in [0.5, 0.6) is 0 Å². The minimum Gasteiger partial charge on any atom is -0.318 e. The number of rotatable bonds is 4. The van der Waals surface area contributed by atoms with Gasteiger partial charge in [-0.25, -0.2) is 9.69 Å². The molecular formula is C31H27N3O3. The number of hydrogen-bond donors (Lipinski definition) is 1. The zero-order valence-electron chi connectivity index (χ0n) is 21.2. The average molecular weight is 490 g/mol. The van der Waals surface area contributed by atoms with E-state index in [2.05, 4.69) is 46.3 Å². The lowest BCUT2D eigenvalue weighted by Crippen LogP contribution is -2.54. The zero-order chi connectivity index (χ0) is 26.3. The fraction of sp³-hybridized carbons (Fsp3) is 0.129. The van der Waals surface area contributed by atoms with Crippen molar-refractivity contribution in [2.75, 3.05) is 4.90 Å². The van der Waals surface area contributed by atoms with E-state index in [1.807, 2.05) is 58.0 Å². The van der Waals surface area contributed by atoms with Crippen LogP contribution in [0.1, 0.15) is 28.1 Å². The molecule has 1 saturated heterocycles. The highest BCUT2D eigenvalue weighted by atomic mass is 16.2. The van der Waals surface area contributed by atoms with E-state index in [0.717, 1.165) is 49.8 Å². The Morgan fingerprint density at radius 3 is 1.97 bits per heavy atom. The molecule has 6 heteroatoms. The van der Waals surface area contributed by atoms with Gasteiger partial charge in [-0.2, -0.15) is 0 Å². The van der Waals surface area contributed by atoms with Crippen LogP contribution in [0.2, 0.25) is 0 Å². The second kappa shape index (κ2) is 9.39. The van der Waals surface area contributed by atoms with Gasteiger partial charge >= 0.3 is 6.03 Å². The van der Waals surface area contributed by atoms with E-state index in [9.17, 15) is 14.4 Å². The Kier molecular flexibility index (Phi) is 6.09. The molecule has 0 aliphatic carbocycles. The van der Waals surface area contributed by atoms with Crippen LogP contribution in [0, 0.1) is 27.7 Å². The van der Waals surface area contributed by atoms with Gasteiger partial charge in [-0.1, -0.05) is 48.5 Å². The summed E-state index contributed by atoms with van der Waals surface area (Å²) in [5.74, 6) is -1.34. The number of imide groups is 2. The van der Waals surface area contributed by atoms with Crippen LogP contribution in [0.25, 0.3) is 22.9 Å². The van der Waals surface area contributed by atoms with Gasteiger partial charge in [0, 0.05) is 17.1 Å². The summed E-state index contributed by atoms with van der Waals surface area (Å²) in [7, 11) is 0. The third-order valence-corrected chi connectivity index (χ3v) is 6.57. The van der Waals surface area contributed by atoms with E-state index >= 15 is 0 Å². The van der Waals surface area contributed by atoms with E-state index in [1.165, 1.54) is 0 Å². The highest BCUT2D eigenvalue weighted by molar-refractivity contribution is 6.39. The predicted molar refractivity (Wildman–Crippen MR) is 146 cm³/mol. The number of hydrogen-bond acceptors (Lipinski definition) is 3. The molecule has 0 radical (unpaired) electrons. The van der Waals surface area contributed by atoms with E-state index in [0.29, 0.717) is 5.69 Å². The molecule has 0 saturated carbocycles. The number of anilines is 1. The SMILES string of the molecule is Cc1cc(C)cc(N2C(=O)NC(=O)/C(=C/c3cc(C)n(-c4ccc(-c5ccccc5)cc4)c3C)C2=O)c1. The smallest absolute Gasteiger partial charge is 0.318 e. The van der Waals surface area contributed by atoms with Gasteiger partial charge < -0.3 is 4.57 Å². The highest BCUT2D eigenvalue weighted by Gasteiger charge is 2.37. The van der Waals surface area contributed by atoms with Gasteiger partial charge in [-0.15, -0.1) is 0 Å². The van der Waals surface area contributed by atoms with Crippen molar-refractivity contribution >= 4 is 29.6 Å². The van der Waals surface area contributed by atoms with E-state index in [4.69, 9.17) is 0 Å².